The first-order valence-electron chi connectivity index (χ1n) is 10.3. The molecule has 30 heavy (non-hydrogen) atoms. The monoisotopic (exact) mass is 415 g/mol. The minimum Gasteiger partial charge on any atom is -0.497 e. The number of carbonyl (C=O) groups excluding carboxylic acids is 1. The Balaban J connectivity index is 1.68. The van der Waals surface area contributed by atoms with Gasteiger partial charge in [-0.2, -0.15) is 0 Å². The average molecular weight is 416 g/mol. The van der Waals surface area contributed by atoms with Crippen LogP contribution in [0.4, 0.5) is 5.69 Å². The van der Waals surface area contributed by atoms with Gasteiger partial charge in [-0.3, -0.25) is 4.79 Å². The maximum atomic E-state index is 12.7. The minimum atomic E-state index is -0.0593. The van der Waals surface area contributed by atoms with Crippen LogP contribution in [0.5, 0.6) is 23.0 Å². The fraction of sp³-hybridized carbons (Fsp3) is 0.435. The van der Waals surface area contributed by atoms with Gasteiger partial charge >= 0.3 is 0 Å². The molecule has 0 saturated heterocycles. The number of benzene rings is 2. The molecule has 0 saturated carbocycles. The summed E-state index contributed by atoms with van der Waals surface area (Å²) in [5.41, 5.74) is 3.08. The molecule has 0 aliphatic carbocycles. The van der Waals surface area contributed by atoms with Crippen molar-refractivity contribution < 1.29 is 28.6 Å². The van der Waals surface area contributed by atoms with Crippen LogP contribution in [-0.2, 0) is 17.8 Å². The Morgan fingerprint density at radius 2 is 1.67 bits per heavy atom. The first-order valence-corrected chi connectivity index (χ1v) is 10.3. The summed E-state index contributed by atoms with van der Waals surface area (Å²) in [5.74, 6) is 2.78. The van der Waals surface area contributed by atoms with Crippen LogP contribution < -0.4 is 29.2 Å². The molecule has 0 bridgehead atoms. The molecule has 7 heteroatoms. The zero-order valence-corrected chi connectivity index (χ0v) is 18.2. The molecular weight excluding hydrogens is 384 g/mol. The van der Waals surface area contributed by atoms with Crippen molar-refractivity contribution in [1.82, 2.24) is 0 Å². The lowest BCUT2D eigenvalue weighted by Crippen LogP contribution is -3.12. The maximum absolute atomic E-state index is 12.7. The molecule has 2 aromatic rings. The number of anilines is 1. The molecule has 2 N–H and O–H groups in total. The van der Waals surface area contributed by atoms with E-state index in [1.54, 1.807) is 32.4 Å². The lowest BCUT2D eigenvalue weighted by molar-refractivity contribution is -0.907. The highest BCUT2D eigenvalue weighted by Crippen LogP contribution is 2.32. The second-order valence-electron chi connectivity index (χ2n) is 7.15. The number of amides is 1. The van der Waals surface area contributed by atoms with Crippen molar-refractivity contribution in [2.45, 2.75) is 26.8 Å². The van der Waals surface area contributed by atoms with Crippen molar-refractivity contribution in [3.8, 4) is 23.0 Å². The van der Waals surface area contributed by atoms with Gasteiger partial charge in [0.05, 0.1) is 39.7 Å². The Morgan fingerprint density at radius 1 is 0.967 bits per heavy atom. The van der Waals surface area contributed by atoms with Crippen LogP contribution in [0.3, 0.4) is 0 Å². The van der Waals surface area contributed by atoms with Crippen LogP contribution in [0, 0.1) is 0 Å². The van der Waals surface area contributed by atoms with E-state index in [2.05, 4.69) is 17.4 Å². The third kappa shape index (κ3) is 5.16. The van der Waals surface area contributed by atoms with Gasteiger partial charge in [-0.05, 0) is 43.7 Å². The van der Waals surface area contributed by atoms with E-state index >= 15 is 0 Å². The molecule has 1 heterocycles. The van der Waals surface area contributed by atoms with Gasteiger partial charge in [-0.1, -0.05) is 0 Å². The normalized spacial score (nSPS) is 15.1. The fourth-order valence-electron chi connectivity index (χ4n) is 3.73. The summed E-state index contributed by atoms with van der Waals surface area (Å²) in [6.07, 6.45) is 0.896. The Bertz CT molecular complexity index is 884. The summed E-state index contributed by atoms with van der Waals surface area (Å²) >= 11 is 0. The zero-order valence-electron chi connectivity index (χ0n) is 18.2. The van der Waals surface area contributed by atoms with Gasteiger partial charge < -0.3 is 29.2 Å². The van der Waals surface area contributed by atoms with Gasteiger partial charge in [0.15, 0.2) is 18.0 Å². The smallest absolute Gasteiger partial charge is 0.279 e. The molecular formula is C23H31N2O5+. The van der Waals surface area contributed by atoms with Gasteiger partial charge in [0, 0.05) is 18.1 Å². The van der Waals surface area contributed by atoms with Crippen molar-refractivity contribution in [3.05, 3.63) is 41.5 Å². The van der Waals surface area contributed by atoms with Crippen LogP contribution in [0.2, 0.25) is 0 Å². The van der Waals surface area contributed by atoms with Crippen molar-refractivity contribution >= 4 is 11.6 Å². The predicted octanol–water partition coefficient (Wildman–Crippen LogP) is 2.08. The van der Waals surface area contributed by atoms with Crippen LogP contribution in [0.25, 0.3) is 0 Å². The highest BCUT2D eigenvalue weighted by Gasteiger charge is 2.24. The molecule has 0 fully saturated rings. The molecule has 1 aliphatic heterocycles. The standard InChI is InChI=1S/C23H30N2O5/c1-5-29-21-11-16-9-10-25(14-17(16)12-22(21)30-6-2)15-23(26)24-19-13-18(27-3)7-8-20(19)28-4/h7-8,11-13H,5-6,9-10,14-15H2,1-4H3,(H,24,26)/p+1. The van der Waals surface area contributed by atoms with E-state index in [4.69, 9.17) is 18.9 Å². The Labute approximate surface area is 177 Å². The van der Waals surface area contributed by atoms with E-state index in [1.807, 2.05) is 13.8 Å². The highest BCUT2D eigenvalue weighted by molar-refractivity contribution is 5.93. The molecule has 0 aromatic heterocycles. The van der Waals surface area contributed by atoms with Crippen LogP contribution in [0.15, 0.2) is 30.3 Å². The van der Waals surface area contributed by atoms with E-state index in [9.17, 15) is 4.79 Å². The average Bonchev–Trinajstić information content (AvgIpc) is 2.74. The summed E-state index contributed by atoms with van der Waals surface area (Å²) in [7, 11) is 3.17. The van der Waals surface area contributed by atoms with Crippen LogP contribution >= 0.6 is 0 Å². The first-order chi connectivity index (χ1) is 14.6. The number of ether oxygens (including phenoxy) is 4. The molecule has 1 aliphatic rings. The van der Waals surface area contributed by atoms with E-state index < -0.39 is 0 Å². The number of carbonyl (C=O) groups is 1. The Hall–Kier alpha value is -2.93. The van der Waals surface area contributed by atoms with Gasteiger partial charge in [-0.25, -0.2) is 0 Å². The van der Waals surface area contributed by atoms with Crippen LogP contribution in [0.1, 0.15) is 25.0 Å². The van der Waals surface area contributed by atoms with Crippen molar-refractivity contribution in [1.29, 1.82) is 0 Å². The molecule has 1 unspecified atom stereocenters. The predicted molar refractivity (Wildman–Crippen MR) is 115 cm³/mol. The fourth-order valence-corrected chi connectivity index (χ4v) is 3.73. The molecule has 1 atom stereocenters. The number of nitrogens with one attached hydrogen (secondary N) is 2. The summed E-state index contributed by atoms with van der Waals surface area (Å²) in [4.78, 5) is 13.9. The molecule has 162 valence electrons. The molecule has 0 radical (unpaired) electrons. The largest absolute Gasteiger partial charge is 0.497 e. The first kappa shape index (κ1) is 21.8. The van der Waals surface area contributed by atoms with Crippen molar-refractivity contribution in [3.63, 3.8) is 0 Å². The Kier molecular flexibility index (Phi) is 7.41. The van der Waals surface area contributed by atoms with Gasteiger partial charge in [0.25, 0.3) is 5.91 Å². The molecule has 2 aromatic carbocycles. The van der Waals surface area contributed by atoms with Gasteiger partial charge in [-0.15, -0.1) is 0 Å². The molecule has 1 amide bonds. The number of fused-ring (bicyclic) bond motifs is 1. The van der Waals surface area contributed by atoms with E-state index in [0.717, 1.165) is 31.0 Å². The number of hydrogen-bond donors (Lipinski definition) is 2. The van der Waals surface area contributed by atoms with E-state index in [0.29, 0.717) is 36.9 Å². The lowest BCUT2D eigenvalue weighted by Gasteiger charge is -2.26. The van der Waals surface area contributed by atoms with E-state index in [1.165, 1.54) is 16.0 Å². The van der Waals surface area contributed by atoms with E-state index in [-0.39, 0.29) is 5.91 Å². The topological polar surface area (TPSA) is 70.5 Å². The highest BCUT2D eigenvalue weighted by atomic mass is 16.5. The van der Waals surface area contributed by atoms with Crippen molar-refractivity contribution in [2.24, 2.45) is 0 Å². The molecule has 0 spiro atoms. The summed E-state index contributed by atoms with van der Waals surface area (Å²) in [6.45, 7) is 7.14. The number of hydrogen-bond acceptors (Lipinski definition) is 5. The molecule has 3 rings (SSSR count). The Morgan fingerprint density at radius 3 is 2.30 bits per heavy atom. The van der Waals surface area contributed by atoms with Gasteiger partial charge in [0.2, 0.25) is 0 Å². The maximum Gasteiger partial charge on any atom is 0.279 e. The van der Waals surface area contributed by atoms with Crippen LogP contribution in [-0.4, -0.2) is 46.4 Å². The summed E-state index contributed by atoms with van der Waals surface area (Å²) in [6, 6.07) is 9.49. The number of methoxy groups -OCH3 is 2. The third-order valence-electron chi connectivity index (χ3n) is 5.15. The SMILES string of the molecule is CCOc1cc2c(cc1OCC)C[NH+](CC(=O)Nc1cc(OC)ccc1OC)CC2. The summed E-state index contributed by atoms with van der Waals surface area (Å²) in [5, 5.41) is 2.96. The number of rotatable bonds is 9. The zero-order chi connectivity index (χ0) is 21.5. The second-order valence-corrected chi connectivity index (χ2v) is 7.15. The third-order valence-corrected chi connectivity index (χ3v) is 5.15. The van der Waals surface area contributed by atoms with Crippen molar-refractivity contribution in [2.75, 3.05) is 45.8 Å². The molecule has 7 nitrogen and oxygen atoms in total. The van der Waals surface area contributed by atoms with Gasteiger partial charge in [0.1, 0.15) is 18.0 Å². The lowest BCUT2D eigenvalue weighted by atomic mass is 9.98. The number of quaternary nitrogens is 1. The second kappa shape index (κ2) is 10.2. The quantitative estimate of drug-likeness (QED) is 0.656. The summed E-state index contributed by atoms with van der Waals surface area (Å²) < 4.78 is 22.1. The minimum absolute atomic E-state index is 0.0593.